The van der Waals surface area contributed by atoms with Crippen molar-refractivity contribution in [2.75, 3.05) is 19.6 Å². The summed E-state index contributed by atoms with van der Waals surface area (Å²) in [6, 6.07) is 2.62. The van der Waals surface area contributed by atoms with E-state index in [1.165, 1.54) is 45.3 Å². The lowest BCUT2D eigenvalue weighted by Gasteiger charge is -2.50. The Morgan fingerprint density at radius 3 is 2.53 bits per heavy atom. The van der Waals surface area contributed by atoms with E-state index in [1.54, 1.807) is 0 Å². The van der Waals surface area contributed by atoms with Crippen LogP contribution in [0.4, 0.5) is 0 Å². The van der Waals surface area contributed by atoms with Crippen LogP contribution in [0.2, 0.25) is 0 Å². The van der Waals surface area contributed by atoms with E-state index in [2.05, 4.69) is 30.6 Å². The molecule has 17 heavy (non-hydrogen) atoms. The lowest BCUT2D eigenvalue weighted by atomic mass is 9.92. The van der Waals surface area contributed by atoms with Gasteiger partial charge in [-0.1, -0.05) is 27.2 Å². The normalized spacial score (nSPS) is 43.8. The van der Waals surface area contributed by atoms with Crippen molar-refractivity contribution in [1.29, 1.82) is 0 Å². The monoisotopic (exact) mass is 236 g/mol. The molecule has 4 unspecified atom stereocenters. The standard InChI is InChI=1S/C15H28N2/c1-11(2)15-10-16-7-5-4-6-13(16)9-17(15)14-8-12(14)3/h11-15H,4-10H2,1-3H3. The summed E-state index contributed by atoms with van der Waals surface area (Å²) in [6.45, 7) is 11.3. The first-order valence-corrected chi connectivity index (χ1v) is 7.66. The van der Waals surface area contributed by atoms with Gasteiger partial charge in [-0.05, 0) is 37.6 Å². The van der Waals surface area contributed by atoms with Crippen molar-refractivity contribution in [3.8, 4) is 0 Å². The molecule has 3 rings (SSSR count). The summed E-state index contributed by atoms with van der Waals surface area (Å²) < 4.78 is 0. The predicted octanol–water partition coefficient (Wildman–Crippen LogP) is 2.59. The van der Waals surface area contributed by atoms with Gasteiger partial charge in [-0.15, -0.1) is 0 Å². The fraction of sp³-hybridized carbons (Fsp3) is 1.00. The summed E-state index contributed by atoms with van der Waals surface area (Å²) in [5.41, 5.74) is 0. The molecule has 0 bridgehead atoms. The third-order valence-corrected chi connectivity index (χ3v) is 5.28. The average Bonchev–Trinajstić information content (AvgIpc) is 3.04. The Bertz CT molecular complexity index is 276. The summed E-state index contributed by atoms with van der Waals surface area (Å²) in [5.74, 6) is 1.78. The molecule has 0 aromatic carbocycles. The van der Waals surface area contributed by atoms with Crippen molar-refractivity contribution < 1.29 is 0 Å². The molecule has 3 aliphatic rings. The molecule has 1 saturated carbocycles. The Hall–Kier alpha value is -0.0800. The number of piperidine rings is 1. The van der Waals surface area contributed by atoms with Crippen molar-refractivity contribution >= 4 is 0 Å². The summed E-state index contributed by atoms with van der Waals surface area (Å²) in [4.78, 5) is 5.67. The van der Waals surface area contributed by atoms with Crippen LogP contribution < -0.4 is 0 Å². The number of hydrogen-bond acceptors (Lipinski definition) is 2. The van der Waals surface area contributed by atoms with Crippen molar-refractivity contribution in [2.45, 2.75) is 64.6 Å². The maximum atomic E-state index is 2.88. The van der Waals surface area contributed by atoms with E-state index < -0.39 is 0 Å². The van der Waals surface area contributed by atoms with E-state index in [9.17, 15) is 0 Å². The minimum absolute atomic E-state index is 0.811. The molecule has 0 spiro atoms. The second-order valence-corrected chi connectivity index (χ2v) is 6.93. The number of piperazine rings is 1. The van der Waals surface area contributed by atoms with Gasteiger partial charge < -0.3 is 0 Å². The van der Waals surface area contributed by atoms with Gasteiger partial charge in [0.15, 0.2) is 0 Å². The molecular weight excluding hydrogens is 208 g/mol. The second-order valence-electron chi connectivity index (χ2n) is 6.93. The van der Waals surface area contributed by atoms with Crippen LogP contribution in [0, 0.1) is 11.8 Å². The zero-order valence-corrected chi connectivity index (χ0v) is 11.7. The lowest BCUT2D eigenvalue weighted by molar-refractivity contribution is -0.0140. The fourth-order valence-electron chi connectivity index (χ4n) is 3.97. The molecule has 2 heterocycles. The van der Waals surface area contributed by atoms with Gasteiger partial charge in [0.25, 0.3) is 0 Å². The van der Waals surface area contributed by atoms with Crippen LogP contribution in [0.1, 0.15) is 46.5 Å². The van der Waals surface area contributed by atoms with Gasteiger partial charge in [0.05, 0.1) is 0 Å². The molecule has 0 aromatic rings. The van der Waals surface area contributed by atoms with Gasteiger partial charge in [-0.3, -0.25) is 9.80 Å². The van der Waals surface area contributed by atoms with E-state index in [-0.39, 0.29) is 0 Å². The highest BCUT2D eigenvalue weighted by molar-refractivity contribution is 5.01. The molecule has 0 radical (unpaired) electrons. The molecule has 1 aliphatic carbocycles. The Labute approximate surface area is 106 Å². The van der Waals surface area contributed by atoms with Gasteiger partial charge in [0.1, 0.15) is 0 Å². The molecule has 4 atom stereocenters. The summed E-state index contributed by atoms with van der Waals surface area (Å²) in [7, 11) is 0. The van der Waals surface area contributed by atoms with Gasteiger partial charge in [-0.2, -0.15) is 0 Å². The van der Waals surface area contributed by atoms with Gasteiger partial charge in [-0.25, -0.2) is 0 Å². The molecule has 0 amide bonds. The molecule has 2 aliphatic heterocycles. The van der Waals surface area contributed by atoms with Crippen LogP contribution in [-0.4, -0.2) is 47.6 Å². The predicted molar refractivity (Wildman–Crippen MR) is 72.1 cm³/mol. The number of fused-ring (bicyclic) bond motifs is 1. The first-order chi connectivity index (χ1) is 8.16. The van der Waals surface area contributed by atoms with E-state index in [1.807, 2.05) is 0 Å². The topological polar surface area (TPSA) is 6.48 Å². The second kappa shape index (κ2) is 4.55. The Morgan fingerprint density at radius 2 is 1.88 bits per heavy atom. The Kier molecular flexibility index (Phi) is 3.20. The quantitative estimate of drug-likeness (QED) is 0.727. The molecular formula is C15H28N2. The largest absolute Gasteiger partial charge is 0.298 e. The summed E-state index contributed by atoms with van der Waals surface area (Å²) in [6.07, 6.45) is 5.79. The average molecular weight is 236 g/mol. The van der Waals surface area contributed by atoms with Crippen LogP contribution in [0.15, 0.2) is 0 Å². The maximum absolute atomic E-state index is 2.88. The Morgan fingerprint density at radius 1 is 1.12 bits per heavy atom. The third kappa shape index (κ3) is 2.26. The van der Waals surface area contributed by atoms with E-state index in [0.717, 1.165) is 30.0 Å². The van der Waals surface area contributed by atoms with Crippen LogP contribution >= 0.6 is 0 Å². The number of nitrogens with zero attached hydrogens (tertiary/aromatic N) is 2. The highest BCUT2D eigenvalue weighted by Gasteiger charge is 2.46. The summed E-state index contributed by atoms with van der Waals surface area (Å²) in [5, 5.41) is 0. The van der Waals surface area contributed by atoms with Crippen LogP contribution in [0.3, 0.4) is 0 Å². The van der Waals surface area contributed by atoms with Crippen molar-refractivity contribution in [2.24, 2.45) is 11.8 Å². The van der Waals surface area contributed by atoms with Crippen molar-refractivity contribution in [3.63, 3.8) is 0 Å². The Balaban J connectivity index is 1.72. The highest BCUT2D eigenvalue weighted by Crippen LogP contribution is 2.40. The number of rotatable bonds is 2. The molecule has 0 N–H and O–H groups in total. The van der Waals surface area contributed by atoms with Crippen molar-refractivity contribution in [3.05, 3.63) is 0 Å². The fourth-order valence-corrected chi connectivity index (χ4v) is 3.97. The van der Waals surface area contributed by atoms with Crippen molar-refractivity contribution in [1.82, 2.24) is 9.80 Å². The van der Waals surface area contributed by atoms with E-state index >= 15 is 0 Å². The van der Waals surface area contributed by atoms with Gasteiger partial charge in [0, 0.05) is 31.2 Å². The zero-order valence-electron chi connectivity index (χ0n) is 11.7. The minimum atomic E-state index is 0.811. The lowest BCUT2D eigenvalue weighted by Crippen LogP contribution is -2.61. The smallest absolute Gasteiger partial charge is 0.0249 e. The highest BCUT2D eigenvalue weighted by atomic mass is 15.3. The molecule has 2 saturated heterocycles. The number of hydrogen-bond donors (Lipinski definition) is 0. The molecule has 98 valence electrons. The van der Waals surface area contributed by atoms with Crippen LogP contribution in [-0.2, 0) is 0 Å². The van der Waals surface area contributed by atoms with E-state index in [4.69, 9.17) is 0 Å². The maximum Gasteiger partial charge on any atom is 0.0249 e. The van der Waals surface area contributed by atoms with Gasteiger partial charge in [0.2, 0.25) is 0 Å². The molecule has 0 aromatic heterocycles. The summed E-state index contributed by atoms with van der Waals surface area (Å²) >= 11 is 0. The SMILES string of the molecule is CC(C)C1CN2CCCCC2CN1C1CC1C. The molecule has 3 fully saturated rings. The minimum Gasteiger partial charge on any atom is -0.298 e. The van der Waals surface area contributed by atoms with Gasteiger partial charge >= 0.3 is 0 Å². The zero-order chi connectivity index (χ0) is 12.0. The van der Waals surface area contributed by atoms with E-state index in [0.29, 0.717) is 0 Å². The first-order valence-electron chi connectivity index (χ1n) is 7.66. The third-order valence-electron chi connectivity index (χ3n) is 5.28. The van der Waals surface area contributed by atoms with Crippen LogP contribution in [0.5, 0.6) is 0 Å². The molecule has 2 heteroatoms. The first kappa shape index (κ1) is 12.0. The van der Waals surface area contributed by atoms with Crippen LogP contribution in [0.25, 0.3) is 0 Å². The molecule has 2 nitrogen and oxygen atoms in total.